The first-order valence-electron chi connectivity index (χ1n) is 7.04. The Labute approximate surface area is 115 Å². The first-order chi connectivity index (χ1) is 9.13. The van der Waals surface area contributed by atoms with Gasteiger partial charge in [-0.2, -0.15) is 0 Å². The van der Waals surface area contributed by atoms with Crippen LogP contribution >= 0.6 is 0 Å². The number of aliphatic hydroxyl groups excluding tert-OH is 1. The van der Waals surface area contributed by atoms with E-state index in [0.717, 1.165) is 35.5 Å². The number of nitrogens with zero attached hydrogens (tertiary/aromatic N) is 1. The van der Waals surface area contributed by atoms with Gasteiger partial charge in [0.1, 0.15) is 5.75 Å². The predicted octanol–water partition coefficient (Wildman–Crippen LogP) is 1.75. The zero-order valence-electron chi connectivity index (χ0n) is 12.1. The lowest BCUT2D eigenvalue weighted by Crippen LogP contribution is -2.44. The summed E-state index contributed by atoms with van der Waals surface area (Å²) >= 11 is 0. The van der Waals surface area contributed by atoms with Gasteiger partial charge in [0.15, 0.2) is 0 Å². The van der Waals surface area contributed by atoms with E-state index in [1.807, 2.05) is 20.0 Å². The molecule has 2 rings (SSSR count). The number of piperidine rings is 1. The molecule has 0 amide bonds. The number of hydrogen-bond acceptors (Lipinski definition) is 4. The van der Waals surface area contributed by atoms with Crippen LogP contribution in [0.4, 0.5) is 0 Å². The number of nitrogens with one attached hydrogen (secondary N) is 1. The second kappa shape index (κ2) is 6.35. The van der Waals surface area contributed by atoms with Gasteiger partial charge in [0, 0.05) is 35.5 Å². The molecule has 1 saturated heterocycles. The molecule has 0 aromatic carbocycles. The number of aromatic nitrogens is 1. The maximum absolute atomic E-state index is 10.3. The van der Waals surface area contributed by atoms with Gasteiger partial charge in [0.2, 0.25) is 0 Å². The number of methoxy groups -OCH3 is 1. The molecule has 4 nitrogen and oxygen atoms in total. The van der Waals surface area contributed by atoms with Crippen molar-refractivity contribution in [2.75, 3.05) is 13.7 Å². The standard InChI is InChI=1S/C15H24N2O2/c1-10-9-17-13(11(2)15(10)19-3)8-14(18)12-6-4-5-7-16-12/h9,12,14,16,18H,4-8H2,1-3H3. The fourth-order valence-corrected chi connectivity index (χ4v) is 2.82. The van der Waals surface area contributed by atoms with E-state index in [9.17, 15) is 5.11 Å². The van der Waals surface area contributed by atoms with Gasteiger partial charge in [-0.15, -0.1) is 0 Å². The normalized spacial score (nSPS) is 21.2. The molecule has 1 aromatic heterocycles. The SMILES string of the molecule is COc1c(C)cnc(CC(O)C2CCCCN2)c1C. The second-order valence-electron chi connectivity index (χ2n) is 5.37. The van der Waals surface area contributed by atoms with Crippen LogP contribution in [0.5, 0.6) is 5.75 Å². The van der Waals surface area contributed by atoms with Crippen LogP contribution in [0.15, 0.2) is 6.20 Å². The van der Waals surface area contributed by atoms with Crippen molar-refractivity contribution in [3.8, 4) is 5.75 Å². The van der Waals surface area contributed by atoms with Crippen LogP contribution < -0.4 is 10.1 Å². The summed E-state index contributed by atoms with van der Waals surface area (Å²) in [6.07, 6.45) is 5.47. The van der Waals surface area contributed by atoms with E-state index in [2.05, 4.69) is 10.3 Å². The summed E-state index contributed by atoms with van der Waals surface area (Å²) in [5.74, 6) is 0.883. The maximum atomic E-state index is 10.3. The second-order valence-corrected chi connectivity index (χ2v) is 5.37. The molecule has 2 heterocycles. The number of rotatable bonds is 4. The quantitative estimate of drug-likeness (QED) is 0.870. The first-order valence-corrected chi connectivity index (χ1v) is 7.04. The Hall–Kier alpha value is -1.13. The van der Waals surface area contributed by atoms with Crippen molar-refractivity contribution in [3.05, 3.63) is 23.0 Å². The number of aryl methyl sites for hydroxylation is 1. The molecule has 2 atom stereocenters. The van der Waals surface area contributed by atoms with Gasteiger partial charge in [-0.1, -0.05) is 6.42 Å². The number of ether oxygens (including phenoxy) is 1. The van der Waals surface area contributed by atoms with Crippen molar-refractivity contribution in [1.29, 1.82) is 0 Å². The number of pyridine rings is 1. The lowest BCUT2D eigenvalue weighted by Gasteiger charge is -2.28. The van der Waals surface area contributed by atoms with Gasteiger partial charge in [0.05, 0.1) is 13.2 Å². The van der Waals surface area contributed by atoms with Crippen molar-refractivity contribution >= 4 is 0 Å². The molecular formula is C15H24N2O2. The van der Waals surface area contributed by atoms with Crippen LogP contribution in [0.2, 0.25) is 0 Å². The first kappa shape index (κ1) is 14.3. The van der Waals surface area contributed by atoms with E-state index in [1.165, 1.54) is 12.8 Å². The molecule has 1 fully saturated rings. The Balaban J connectivity index is 2.10. The van der Waals surface area contributed by atoms with Crippen molar-refractivity contribution in [2.24, 2.45) is 0 Å². The summed E-state index contributed by atoms with van der Waals surface area (Å²) in [6, 6.07) is 0.197. The summed E-state index contributed by atoms with van der Waals surface area (Å²) in [7, 11) is 1.68. The van der Waals surface area contributed by atoms with Gasteiger partial charge in [-0.3, -0.25) is 4.98 Å². The Bertz CT molecular complexity index is 428. The third kappa shape index (κ3) is 3.25. The molecule has 4 heteroatoms. The molecule has 0 bridgehead atoms. The molecule has 106 valence electrons. The molecule has 0 aliphatic carbocycles. The highest BCUT2D eigenvalue weighted by molar-refractivity contribution is 5.41. The highest BCUT2D eigenvalue weighted by Crippen LogP contribution is 2.25. The molecule has 1 aliphatic rings. The molecule has 0 saturated carbocycles. The summed E-state index contributed by atoms with van der Waals surface area (Å²) in [4.78, 5) is 4.45. The van der Waals surface area contributed by atoms with E-state index >= 15 is 0 Å². The van der Waals surface area contributed by atoms with Crippen molar-refractivity contribution in [1.82, 2.24) is 10.3 Å². The Morgan fingerprint density at radius 2 is 2.26 bits per heavy atom. The van der Waals surface area contributed by atoms with Gasteiger partial charge in [0.25, 0.3) is 0 Å². The largest absolute Gasteiger partial charge is 0.496 e. The summed E-state index contributed by atoms with van der Waals surface area (Å²) in [5.41, 5.74) is 3.01. The number of aliphatic hydroxyl groups is 1. The average molecular weight is 264 g/mol. The Morgan fingerprint density at radius 1 is 1.47 bits per heavy atom. The van der Waals surface area contributed by atoms with Crippen LogP contribution in [0, 0.1) is 13.8 Å². The van der Waals surface area contributed by atoms with Crippen LogP contribution in [0.1, 0.15) is 36.1 Å². The van der Waals surface area contributed by atoms with Crippen LogP contribution in [0.3, 0.4) is 0 Å². The van der Waals surface area contributed by atoms with Crippen molar-refractivity contribution in [3.63, 3.8) is 0 Å². The van der Waals surface area contributed by atoms with E-state index in [1.54, 1.807) is 7.11 Å². The number of hydrogen-bond donors (Lipinski definition) is 2. The molecule has 0 radical (unpaired) electrons. The van der Waals surface area contributed by atoms with Crippen LogP contribution in [-0.4, -0.2) is 35.9 Å². The minimum Gasteiger partial charge on any atom is -0.496 e. The molecule has 2 N–H and O–H groups in total. The van der Waals surface area contributed by atoms with Gasteiger partial charge < -0.3 is 15.2 Å². The van der Waals surface area contributed by atoms with E-state index in [4.69, 9.17) is 4.74 Å². The maximum Gasteiger partial charge on any atom is 0.128 e. The predicted molar refractivity (Wildman–Crippen MR) is 75.6 cm³/mol. The van der Waals surface area contributed by atoms with Crippen LogP contribution in [-0.2, 0) is 6.42 Å². The van der Waals surface area contributed by atoms with Gasteiger partial charge in [-0.05, 0) is 33.2 Å². The lowest BCUT2D eigenvalue weighted by molar-refractivity contribution is 0.112. The van der Waals surface area contributed by atoms with Gasteiger partial charge >= 0.3 is 0 Å². The Morgan fingerprint density at radius 3 is 2.89 bits per heavy atom. The molecule has 1 aliphatic heterocycles. The highest BCUT2D eigenvalue weighted by Gasteiger charge is 2.23. The smallest absolute Gasteiger partial charge is 0.128 e. The fraction of sp³-hybridized carbons (Fsp3) is 0.667. The van der Waals surface area contributed by atoms with Crippen LogP contribution in [0.25, 0.3) is 0 Å². The Kier molecular flexibility index (Phi) is 4.77. The zero-order chi connectivity index (χ0) is 13.8. The zero-order valence-corrected chi connectivity index (χ0v) is 12.1. The summed E-state index contributed by atoms with van der Waals surface area (Å²) in [6.45, 7) is 5.00. The third-order valence-electron chi connectivity index (χ3n) is 3.97. The summed E-state index contributed by atoms with van der Waals surface area (Å²) < 4.78 is 5.41. The minimum atomic E-state index is -0.376. The lowest BCUT2D eigenvalue weighted by atomic mass is 9.95. The minimum absolute atomic E-state index is 0.197. The monoisotopic (exact) mass is 264 g/mol. The highest BCUT2D eigenvalue weighted by atomic mass is 16.5. The molecular weight excluding hydrogens is 240 g/mol. The van der Waals surface area contributed by atoms with Crippen molar-refractivity contribution < 1.29 is 9.84 Å². The summed E-state index contributed by atoms with van der Waals surface area (Å²) in [5, 5.41) is 13.7. The fourth-order valence-electron chi connectivity index (χ4n) is 2.82. The van der Waals surface area contributed by atoms with Gasteiger partial charge in [-0.25, -0.2) is 0 Å². The molecule has 2 unspecified atom stereocenters. The van der Waals surface area contributed by atoms with E-state index in [0.29, 0.717) is 6.42 Å². The van der Waals surface area contributed by atoms with E-state index < -0.39 is 0 Å². The molecule has 1 aromatic rings. The average Bonchev–Trinajstić information content (AvgIpc) is 2.43. The molecule has 0 spiro atoms. The van der Waals surface area contributed by atoms with Crippen molar-refractivity contribution in [2.45, 2.75) is 51.7 Å². The molecule has 19 heavy (non-hydrogen) atoms. The third-order valence-corrected chi connectivity index (χ3v) is 3.97. The van der Waals surface area contributed by atoms with E-state index in [-0.39, 0.29) is 12.1 Å². The topological polar surface area (TPSA) is 54.4 Å².